The number of rotatable bonds is 4. The first-order valence-corrected chi connectivity index (χ1v) is 9.50. The number of benzene rings is 1. The topological polar surface area (TPSA) is 59.2 Å². The van der Waals surface area contributed by atoms with E-state index in [0.29, 0.717) is 17.1 Å². The van der Waals surface area contributed by atoms with Crippen molar-refractivity contribution in [1.82, 2.24) is 15.1 Å². The summed E-state index contributed by atoms with van der Waals surface area (Å²) in [6.07, 6.45) is 3.92. The van der Waals surface area contributed by atoms with Crippen molar-refractivity contribution in [3.8, 4) is 10.4 Å². The Kier molecular flexibility index (Phi) is 4.68. The van der Waals surface area contributed by atoms with Gasteiger partial charge in [0.2, 0.25) is 0 Å². The third kappa shape index (κ3) is 3.46. The van der Waals surface area contributed by atoms with Crippen molar-refractivity contribution in [3.63, 3.8) is 0 Å². The van der Waals surface area contributed by atoms with Crippen molar-refractivity contribution >= 4 is 38.9 Å². The molecule has 0 atom stereocenters. The lowest BCUT2D eigenvalue weighted by Crippen LogP contribution is -2.23. The minimum Gasteiger partial charge on any atom is -0.472 e. The number of nitrogens with zero attached hydrogens (tertiary/aromatic N) is 3. The molecule has 0 bridgehead atoms. The van der Waals surface area contributed by atoms with E-state index in [2.05, 4.69) is 16.3 Å². The molecule has 0 saturated heterocycles. The SMILES string of the molecule is CN(C)C(=O)c1nnc(Cc2ccoc2)c2cc(-c3ccc(Cl)cc3)sc12. The van der Waals surface area contributed by atoms with Gasteiger partial charge in [0.15, 0.2) is 5.69 Å². The zero-order valence-electron chi connectivity index (χ0n) is 14.8. The molecule has 0 fully saturated rings. The van der Waals surface area contributed by atoms with Gasteiger partial charge in [0.1, 0.15) is 0 Å². The maximum Gasteiger partial charge on any atom is 0.275 e. The van der Waals surface area contributed by atoms with Crippen LogP contribution >= 0.6 is 22.9 Å². The van der Waals surface area contributed by atoms with Gasteiger partial charge in [0, 0.05) is 35.8 Å². The molecule has 4 aromatic rings. The van der Waals surface area contributed by atoms with Gasteiger partial charge in [-0.2, -0.15) is 5.10 Å². The van der Waals surface area contributed by atoms with Crippen LogP contribution in [0.25, 0.3) is 20.5 Å². The van der Waals surface area contributed by atoms with E-state index in [4.69, 9.17) is 16.0 Å². The molecule has 0 saturated carbocycles. The summed E-state index contributed by atoms with van der Waals surface area (Å²) < 4.78 is 6.00. The molecular formula is C20H16ClN3O2S. The molecule has 1 aromatic carbocycles. The van der Waals surface area contributed by atoms with Crippen LogP contribution in [-0.2, 0) is 6.42 Å². The number of halogens is 1. The molecule has 4 rings (SSSR count). The zero-order chi connectivity index (χ0) is 19.0. The molecule has 27 heavy (non-hydrogen) atoms. The number of thiophene rings is 1. The van der Waals surface area contributed by atoms with Crippen molar-refractivity contribution in [2.75, 3.05) is 14.1 Å². The average molecular weight is 398 g/mol. The summed E-state index contributed by atoms with van der Waals surface area (Å²) in [6.45, 7) is 0. The summed E-state index contributed by atoms with van der Waals surface area (Å²) >= 11 is 7.55. The van der Waals surface area contributed by atoms with Crippen molar-refractivity contribution in [3.05, 3.63) is 70.9 Å². The normalized spacial score (nSPS) is 11.1. The van der Waals surface area contributed by atoms with E-state index >= 15 is 0 Å². The summed E-state index contributed by atoms with van der Waals surface area (Å²) in [6, 6.07) is 11.6. The second-order valence-electron chi connectivity index (χ2n) is 6.36. The van der Waals surface area contributed by atoms with Crippen LogP contribution in [0.2, 0.25) is 5.02 Å². The highest BCUT2D eigenvalue weighted by Gasteiger charge is 2.20. The Morgan fingerprint density at radius 3 is 2.63 bits per heavy atom. The van der Waals surface area contributed by atoms with E-state index in [1.54, 1.807) is 26.6 Å². The van der Waals surface area contributed by atoms with Crippen LogP contribution in [0.4, 0.5) is 0 Å². The molecule has 0 aliphatic rings. The number of hydrogen-bond acceptors (Lipinski definition) is 5. The molecule has 5 nitrogen and oxygen atoms in total. The monoisotopic (exact) mass is 397 g/mol. The fraction of sp³-hybridized carbons (Fsp3) is 0.150. The fourth-order valence-corrected chi connectivity index (χ4v) is 4.10. The van der Waals surface area contributed by atoms with E-state index in [9.17, 15) is 4.79 Å². The Hall–Kier alpha value is -2.70. The average Bonchev–Trinajstić information content (AvgIpc) is 3.32. The minimum atomic E-state index is -0.160. The third-order valence-corrected chi connectivity index (χ3v) is 5.66. The maximum absolute atomic E-state index is 12.6. The largest absolute Gasteiger partial charge is 0.472 e. The van der Waals surface area contributed by atoms with E-state index in [1.807, 2.05) is 30.3 Å². The van der Waals surface area contributed by atoms with Gasteiger partial charge in [-0.1, -0.05) is 23.7 Å². The zero-order valence-corrected chi connectivity index (χ0v) is 16.3. The van der Waals surface area contributed by atoms with Crippen molar-refractivity contribution in [2.45, 2.75) is 6.42 Å². The predicted molar refractivity (Wildman–Crippen MR) is 107 cm³/mol. The van der Waals surface area contributed by atoms with Crippen LogP contribution in [0, 0.1) is 0 Å². The Balaban J connectivity index is 1.88. The first-order chi connectivity index (χ1) is 13.0. The number of furan rings is 1. The molecule has 0 spiro atoms. The predicted octanol–water partition coefficient (Wildman–Crippen LogP) is 4.90. The molecule has 136 valence electrons. The Morgan fingerprint density at radius 2 is 1.96 bits per heavy atom. The molecule has 3 heterocycles. The highest BCUT2D eigenvalue weighted by Crippen LogP contribution is 2.37. The van der Waals surface area contributed by atoms with Crippen LogP contribution in [0.5, 0.6) is 0 Å². The summed E-state index contributed by atoms with van der Waals surface area (Å²) in [5.74, 6) is -0.160. The van der Waals surface area contributed by atoms with Crippen LogP contribution in [0.3, 0.4) is 0 Å². The molecule has 0 N–H and O–H groups in total. The molecule has 0 unspecified atom stereocenters. The lowest BCUT2D eigenvalue weighted by Gasteiger charge is -2.10. The number of carbonyl (C=O) groups is 1. The Bertz CT molecular complexity index is 1100. The molecule has 0 aliphatic heterocycles. The number of fused-ring (bicyclic) bond motifs is 1. The number of carbonyl (C=O) groups excluding carboxylic acids is 1. The van der Waals surface area contributed by atoms with Gasteiger partial charge >= 0.3 is 0 Å². The smallest absolute Gasteiger partial charge is 0.275 e. The van der Waals surface area contributed by atoms with E-state index < -0.39 is 0 Å². The molecular weight excluding hydrogens is 382 g/mol. The van der Waals surface area contributed by atoms with Crippen LogP contribution in [-0.4, -0.2) is 35.1 Å². The highest BCUT2D eigenvalue weighted by atomic mass is 35.5. The second kappa shape index (κ2) is 7.13. The maximum atomic E-state index is 12.6. The molecule has 0 radical (unpaired) electrons. The summed E-state index contributed by atoms with van der Waals surface area (Å²) in [5.41, 5.74) is 3.24. The van der Waals surface area contributed by atoms with Gasteiger partial charge in [-0.3, -0.25) is 4.79 Å². The van der Waals surface area contributed by atoms with Crippen LogP contribution < -0.4 is 0 Å². The third-order valence-electron chi connectivity index (χ3n) is 4.22. The molecule has 3 aromatic heterocycles. The van der Waals surface area contributed by atoms with Gasteiger partial charge in [-0.05, 0) is 35.4 Å². The van der Waals surface area contributed by atoms with Crippen LogP contribution in [0.15, 0.2) is 53.3 Å². The highest BCUT2D eigenvalue weighted by molar-refractivity contribution is 7.22. The number of aromatic nitrogens is 2. The van der Waals surface area contributed by atoms with Gasteiger partial charge in [-0.15, -0.1) is 16.4 Å². The van der Waals surface area contributed by atoms with Gasteiger partial charge < -0.3 is 9.32 Å². The van der Waals surface area contributed by atoms with Gasteiger partial charge in [0.05, 0.1) is 22.9 Å². The van der Waals surface area contributed by atoms with E-state index in [-0.39, 0.29) is 5.91 Å². The molecule has 1 amide bonds. The second-order valence-corrected chi connectivity index (χ2v) is 7.85. The Morgan fingerprint density at radius 1 is 1.19 bits per heavy atom. The van der Waals surface area contributed by atoms with Crippen molar-refractivity contribution in [1.29, 1.82) is 0 Å². The number of amides is 1. The Labute approximate surface area is 165 Å². The van der Waals surface area contributed by atoms with E-state index in [1.165, 1.54) is 16.2 Å². The fourth-order valence-electron chi connectivity index (χ4n) is 2.82. The number of hydrogen-bond donors (Lipinski definition) is 0. The molecule has 7 heteroatoms. The minimum absolute atomic E-state index is 0.160. The first kappa shape index (κ1) is 17.7. The lowest BCUT2D eigenvalue weighted by atomic mass is 10.1. The van der Waals surface area contributed by atoms with E-state index in [0.717, 1.165) is 31.8 Å². The van der Waals surface area contributed by atoms with Gasteiger partial charge in [0.25, 0.3) is 5.91 Å². The quantitative estimate of drug-likeness (QED) is 0.491. The molecule has 0 aliphatic carbocycles. The lowest BCUT2D eigenvalue weighted by molar-refractivity contribution is 0.0823. The standard InChI is InChI=1S/C20H16ClN3O2S/c1-24(2)20(25)18-19-15(16(22-23-18)9-12-7-8-26-11-12)10-17(27-19)13-3-5-14(21)6-4-13/h3-8,10-11H,9H2,1-2H3. The summed E-state index contributed by atoms with van der Waals surface area (Å²) in [4.78, 5) is 15.1. The first-order valence-electron chi connectivity index (χ1n) is 8.30. The van der Waals surface area contributed by atoms with Crippen molar-refractivity contribution < 1.29 is 9.21 Å². The summed E-state index contributed by atoms with van der Waals surface area (Å²) in [5, 5.41) is 10.2. The van der Waals surface area contributed by atoms with Crippen LogP contribution in [0.1, 0.15) is 21.7 Å². The van der Waals surface area contributed by atoms with Crippen molar-refractivity contribution in [2.24, 2.45) is 0 Å². The summed E-state index contributed by atoms with van der Waals surface area (Å²) in [7, 11) is 3.42. The van der Waals surface area contributed by atoms with Gasteiger partial charge in [-0.25, -0.2) is 0 Å².